The highest BCUT2D eigenvalue weighted by Crippen LogP contribution is 2.37. The lowest BCUT2D eigenvalue weighted by Gasteiger charge is -2.34. The molecule has 1 amide bonds. The zero-order valence-corrected chi connectivity index (χ0v) is 21.5. The molecule has 0 bridgehead atoms. The number of amides is 1. The minimum absolute atomic E-state index is 0.139. The van der Waals surface area contributed by atoms with Gasteiger partial charge in [-0.05, 0) is 90.0 Å². The average molecular weight is 502 g/mol. The molecular formula is C30H32FN3OS. The minimum atomic E-state index is -0.167. The third-order valence-corrected chi connectivity index (χ3v) is 8.95. The fourth-order valence-electron chi connectivity index (χ4n) is 6.30. The molecular weight excluding hydrogens is 469 g/mol. The lowest BCUT2D eigenvalue weighted by Crippen LogP contribution is -2.38. The number of aromatic nitrogens is 1. The molecule has 4 aromatic rings. The summed E-state index contributed by atoms with van der Waals surface area (Å²) in [5.74, 6) is 1.25. The standard InChI is InChI=1S/C30H32FN3OS/c1-32-13-9-23-3-2-4-27(29(23)32)30(35)34-18-25(28(19-34)24-12-16-36-20-24)17-33-14-10-22(11-15-33)21-5-7-26(31)8-6-21/h2-9,12-13,16,20,22,25,28H,10-11,14-15,17-19H2,1H3. The SMILES string of the molecule is Cn1ccc2cccc(C(=O)N3CC(CN4CCC(c5ccc(F)cc5)CC4)C(c4ccsc4)C3)c21. The van der Waals surface area contributed by atoms with Crippen molar-refractivity contribution in [3.05, 3.63) is 94.1 Å². The molecule has 0 saturated carbocycles. The number of hydrogen-bond donors (Lipinski definition) is 0. The molecule has 2 aliphatic rings. The second-order valence-electron chi connectivity index (χ2n) is 10.4. The van der Waals surface area contributed by atoms with E-state index in [0.717, 1.165) is 62.0 Å². The van der Waals surface area contributed by atoms with Crippen molar-refractivity contribution in [2.75, 3.05) is 32.7 Å². The van der Waals surface area contributed by atoms with E-state index in [1.54, 1.807) is 23.5 Å². The number of thiophene rings is 1. The zero-order chi connectivity index (χ0) is 24.6. The van der Waals surface area contributed by atoms with Crippen LogP contribution in [0.1, 0.15) is 46.2 Å². The highest BCUT2D eigenvalue weighted by atomic mass is 32.1. The fourth-order valence-corrected chi connectivity index (χ4v) is 7.02. The van der Waals surface area contributed by atoms with Crippen LogP contribution < -0.4 is 0 Å². The number of nitrogens with zero attached hydrogens (tertiary/aromatic N) is 3. The van der Waals surface area contributed by atoms with E-state index in [1.807, 2.05) is 37.5 Å². The van der Waals surface area contributed by atoms with Crippen molar-refractivity contribution in [2.24, 2.45) is 13.0 Å². The molecule has 0 spiro atoms. The van der Waals surface area contributed by atoms with Crippen LogP contribution >= 0.6 is 11.3 Å². The maximum atomic E-state index is 13.8. The third-order valence-electron chi connectivity index (χ3n) is 8.25. The van der Waals surface area contributed by atoms with Gasteiger partial charge in [-0.25, -0.2) is 4.39 Å². The average Bonchev–Trinajstić information content (AvgIpc) is 3.65. The van der Waals surface area contributed by atoms with Crippen LogP contribution in [0.15, 0.2) is 71.6 Å². The van der Waals surface area contributed by atoms with Gasteiger partial charge < -0.3 is 14.4 Å². The van der Waals surface area contributed by atoms with Crippen molar-refractivity contribution in [1.29, 1.82) is 0 Å². The predicted octanol–water partition coefficient (Wildman–Crippen LogP) is 6.11. The Morgan fingerprint density at radius 3 is 2.56 bits per heavy atom. The summed E-state index contributed by atoms with van der Waals surface area (Å²) in [7, 11) is 2.01. The maximum absolute atomic E-state index is 13.8. The number of carbonyl (C=O) groups excluding carboxylic acids is 1. The highest BCUT2D eigenvalue weighted by molar-refractivity contribution is 7.08. The summed E-state index contributed by atoms with van der Waals surface area (Å²) in [4.78, 5) is 18.4. The summed E-state index contributed by atoms with van der Waals surface area (Å²) >= 11 is 1.74. The number of carbonyl (C=O) groups is 1. The number of aryl methyl sites for hydroxylation is 1. The number of piperidine rings is 1. The van der Waals surface area contributed by atoms with E-state index in [9.17, 15) is 9.18 Å². The Bertz CT molecular complexity index is 1340. The molecule has 2 saturated heterocycles. The van der Waals surface area contributed by atoms with Crippen LogP contribution in [0.25, 0.3) is 10.9 Å². The number of halogens is 1. The van der Waals surface area contributed by atoms with Gasteiger partial charge in [-0.15, -0.1) is 0 Å². The first-order chi connectivity index (χ1) is 17.6. The van der Waals surface area contributed by atoms with Gasteiger partial charge in [0, 0.05) is 44.2 Å². The summed E-state index contributed by atoms with van der Waals surface area (Å²) in [5.41, 5.74) is 4.42. The Kier molecular flexibility index (Phi) is 6.40. The lowest BCUT2D eigenvalue weighted by molar-refractivity contribution is 0.0783. The maximum Gasteiger partial charge on any atom is 0.256 e. The Labute approximate surface area is 216 Å². The third kappa shape index (κ3) is 4.48. The molecule has 0 N–H and O–H groups in total. The van der Waals surface area contributed by atoms with Gasteiger partial charge in [0.05, 0.1) is 11.1 Å². The second kappa shape index (κ2) is 9.83. The van der Waals surface area contributed by atoms with E-state index in [2.05, 4.69) is 43.3 Å². The van der Waals surface area contributed by atoms with Crippen molar-refractivity contribution in [1.82, 2.24) is 14.4 Å². The van der Waals surface area contributed by atoms with E-state index >= 15 is 0 Å². The van der Waals surface area contributed by atoms with E-state index in [-0.39, 0.29) is 11.7 Å². The van der Waals surface area contributed by atoms with Gasteiger partial charge in [0.15, 0.2) is 0 Å². The molecule has 2 aliphatic heterocycles. The summed E-state index contributed by atoms with van der Waals surface area (Å²) < 4.78 is 15.4. The molecule has 4 heterocycles. The Morgan fingerprint density at radius 1 is 1.00 bits per heavy atom. The van der Waals surface area contributed by atoms with Gasteiger partial charge in [0.2, 0.25) is 0 Å². The molecule has 2 atom stereocenters. The van der Waals surface area contributed by atoms with E-state index < -0.39 is 0 Å². The first-order valence-corrected chi connectivity index (χ1v) is 13.8. The monoisotopic (exact) mass is 501 g/mol. The van der Waals surface area contributed by atoms with Crippen molar-refractivity contribution >= 4 is 28.1 Å². The van der Waals surface area contributed by atoms with Crippen molar-refractivity contribution < 1.29 is 9.18 Å². The molecule has 2 unspecified atom stereocenters. The van der Waals surface area contributed by atoms with Gasteiger partial charge in [0.25, 0.3) is 5.91 Å². The first kappa shape index (κ1) is 23.4. The quantitative estimate of drug-likeness (QED) is 0.330. The normalized spacial score (nSPS) is 21.4. The first-order valence-electron chi connectivity index (χ1n) is 12.9. The predicted molar refractivity (Wildman–Crippen MR) is 144 cm³/mol. The van der Waals surface area contributed by atoms with Crippen LogP contribution in [0, 0.1) is 11.7 Å². The molecule has 6 heteroatoms. The van der Waals surface area contributed by atoms with Crippen LogP contribution in [0.4, 0.5) is 4.39 Å². The molecule has 36 heavy (non-hydrogen) atoms. The second-order valence-corrected chi connectivity index (χ2v) is 11.2. The molecule has 186 valence electrons. The molecule has 2 fully saturated rings. The smallest absolute Gasteiger partial charge is 0.256 e. The summed E-state index contributed by atoms with van der Waals surface area (Å²) in [6.07, 6.45) is 4.22. The largest absolute Gasteiger partial charge is 0.350 e. The van der Waals surface area contributed by atoms with E-state index in [1.165, 1.54) is 11.1 Å². The number of benzene rings is 2. The topological polar surface area (TPSA) is 28.5 Å². The van der Waals surface area contributed by atoms with Crippen LogP contribution in [-0.4, -0.2) is 53.0 Å². The Morgan fingerprint density at radius 2 is 1.81 bits per heavy atom. The highest BCUT2D eigenvalue weighted by Gasteiger charge is 2.38. The lowest BCUT2D eigenvalue weighted by atomic mass is 9.87. The van der Waals surface area contributed by atoms with Crippen molar-refractivity contribution in [2.45, 2.75) is 24.7 Å². The number of hydrogen-bond acceptors (Lipinski definition) is 3. The molecule has 2 aromatic heterocycles. The van der Waals surface area contributed by atoms with Crippen molar-refractivity contribution in [3.8, 4) is 0 Å². The number of likely N-dealkylation sites (tertiary alicyclic amines) is 2. The molecule has 0 aliphatic carbocycles. The van der Waals surface area contributed by atoms with Gasteiger partial charge in [-0.1, -0.05) is 24.3 Å². The van der Waals surface area contributed by atoms with Gasteiger partial charge in [-0.3, -0.25) is 4.79 Å². The molecule has 4 nitrogen and oxygen atoms in total. The molecule has 6 rings (SSSR count). The summed E-state index contributed by atoms with van der Waals surface area (Å²) in [6.45, 7) is 4.66. The summed E-state index contributed by atoms with van der Waals surface area (Å²) in [6, 6.07) is 17.4. The Balaban J connectivity index is 1.17. The van der Waals surface area contributed by atoms with Gasteiger partial charge in [0.1, 0.15) is 5.82 Å². The van der Waals surface area contributed by atoms with E-state index in [4.69, 9.17) is 0 Å². The van der Waals surface area contributed by atoms with Gasteiger partial charge >= 0.3 is 0 Å². The number of para-hydroxylation sites is 1. The zero-order valence-electron chi connectivity index (χ0n) is 20.6. The summed E-state index contributed by atoms with van der Waals surface area (Å²) in [5, 5.41) is 5.51. The van der Waals surface area contributed by atoms with Crippen LogP contribution in [0.2, 0.25) is 0 Å². The van der Waals surface area contributed by atoms with Crippen molar-refractivity contribution in [3.63, 3.8) is 0 Å². The fraction of sp³-hybridized carbons (Fsp3) is 0.367. The van der Waals surface area contributed by atoms with Crippen LogP contribution in [-0.2, 0) is 7.05 Å². The Hall–Kier alpha value is -2.96. The molecule has 0 radical (unpaired) electrons. The number of rotatable bonds is 5. The van der Waals surface area contributed by atoms with Gasteiger partial charge in [-0.2, -0.15) is 11.3 Å². The minimum Gasteiger partial charge on any atom is -0.350 e. The van der Waals surface area contributed by atoms with Crippen LogP contribution in [0.5, 0.6) is 0 Å². The van der Waals surface area contributed by atoms with E-state index in [0.29, 0.717) is 17.8 Å². The molecule has 2 aromatic carbocycles. The van der Waals surface area contributed by atoms with Crippen LogP contribution in [0.3, 0.4) is 0 Å². The number of fused-ring (bicyclic) bond motifs is 1.